The monoisotopic (exact) mass is 262 g/mol. The van der Waals surface area contributed by atoms with Gasteiger partial charge in [-0.3, -0.25) is 4.79 Å². The van der Waals surface area contributed by atoms with Gasteiger partial charge >= 0.3 is 0 Å². The Hall–Kier alpha value is -1.35. The summed E-state index contributed by atoms with van der Waals surface area (Å²) in [4.78, 5) is 11.8. The van der Waals surface area contributed by atoms with Crippen LogP contribution in [0.2, 0.25) is 0 Å². The third kappa shape index (κ3) is 6.97. The molecule has 1 atom stereocenters. The number of amides is 1. The number of aryl methyl sites for hydroxylation is 1. The summed E-state index contributed by atoms with van der Waals surface area (Å²) in [7, 11) is 0. The van der Waals surface area contributed by atoms with Gasteiger partial charge in [0, 0.05) is 11.7 Å². The zero-order valence-electron chi connectivity index (χ0n) is 12.3. The lowest BCUT2D eigenvalue weighted by Crippen LogP contribution is -2.34. The highest BCUT2D eigenvalue weighted by molar-refractivity contribution is 5.92. The maximum absolute atomic E-state index is 11.8. The van der Waals surface area contributed by atoms with Crippen molar-refractivity contribution in [3.63, 3.8) is 0 Å². The number of nitrogens with one attached hydrogen (secondary N) is 2. The number of carbonyl (C=O) groups is 1. The van der Waals surface area contributed by atoms with Crippen LogP contribution in [0.3, 0.4) is 0 Å². The zero-order valence-corrected chi connectivity index (χ0v) is 12.3. The van der Waals surface area contributed by atoms with Crippen LogP contribution in [-0.4, -0.2) is 18.5 Å². The van der Waals surface area contributed by atoms with Gasteiger partial charge in [-0.1, -0.05) is 43.9 Å². The molecule has 19 heavy (non-hydrogen) atoms. The maximum Gasteiger partial charge on any atom is 0.238 e. The molecule has 0 spiro atoms. The van der Waals surface area contributed by atoms with E-state index < -0.39 is 0 Å². The minimum Gasteiger partial charge on any atom is -0.325 e. The molecule has 2 N–H and O–H groups in total. The molecule has 1 unspecified atom stereocenters. The summed E-state index contributed by atoms with van der Waals surface area (Å²) in [6.07, 6.45) is 4.86. The van der Waals surface area contributed by atoms with Gasteiger partial charge in [0.05, 0.1) is 6.54 Å². The van der Waals surface area contributed by atoms with Crippen LogP contribution in [0, 0.1) is 6.92 Å². The van der Waals surface area contributed by atoms with Crippen molar-refractivity contribution in [2.75, 3.05) is 11.9 Å². The number of carbonyl (C=O) groups excluding carboxylic acids is 1. The molecule has 0 fully saturated rings. The van der Waals surface area contributed by atoms with E-state index in [1.54, 1.807) is 0 Å². The second kappa shape index (κ2) is 8.70. The molecular formula is C16H26N2O. The highest BCUT2D eigenvalue weighted by atomic mass is 16.1. The standard InChI is InChI=1S/C16H26N2O/c1-4-5-6-7-14(3)17-12-16(19)18-15-10-8-13(2)9-11-15/h8-11,14,17H,4-7,12H2,1-3H3,(H,18,19). The molecule has 1 amide bonds. The smallest absolute Gasteiger partial charge is 0.238 e. The van der Waals surface area contributed by atoms with Crippen molar-refractivity contribution in [3.05, 3.63) is 29.8 Å². The molecule has 0 heterocycles. The van der Waals surface area contributed by atoms with Gasteiger partial charge in [-0.15, -0.1) is 0 Å². The lowest BCUT2D eigenvalue weighted by molar-refractivity contribution is -0.115. The van der Waals surface area contributed by atoms with Gasteiger partial charge in [0.1, 0.15) is 0 Å². The van der Waals surface area contributed by atoms with Crippen LogP contribution >= 0.6 is 0 Å². The van der Waals surface area contributed by atoms with Gasteiger partial charge in [-0.25, -0.2) is 0 Å². The van der Waals surface area contributed by atoms with Gasteiger partial charge in [-0.2, -0.15) is 0 Å². The van der Waals surface area contributed by atoms with E-state index in [0.29, 0.717) is 12.6 Å². The molecule has 0 radical (unpaired) electrons. The van der Waals surface area contributed by atoms with Crippen LogP contribution < -0.4 is 10.6 Å². The molecule has 3 nitrogen and oxygen atoms in total. The molecule has 1 aromatic carbocycles. The molecule has 1 rings (SSSR count). The highest BCUT2D eigenvalue weighted by Crippen LogP contribution is 2.08. The van der Waals surface area contributed by atoms with E-state index in [2.05, 4.69) is 24.5 Å². The molecule has 0 aliphatic carbocycles. The van der Waals surface area contributed by atoms with Gasteiger partial charge in [0.25, 0.3) is 0 Å². The maximum atomic E-state index is 11.8. The fraction of sp³-hybridized carbons (Fsp3) is 0.562. The molecule has 0 aliphatic heterocycles. The van der Waals surface area contributed by atoms with Gasteiger partial charge < -0.3 is 10.6 Å². The third-order valence-corrected chi connectivity index (χ3v) is 3.19. The van der Waals surface area contributed by atoms with Crippen molar-refractivity contribution in [1.82, 2.24) is 5.32 Å². The molecule has 1 aromatic rings. The number of benzene rings is 1. The van der Waals surface area contributed by atoms with E-state index in [9.17, 15) is 4.79 Å². The quantitative estimate of drug-likeness (QED) is 0.704. The Morgan fingerprint density at radius 3 is 2.53 bits per heavy atom. The first-order valence-corrected chi connectivity index (χ1v) is 7.21. The average Bonchev–Trinajstić information content (AvgIpc) is 2.39. The molecule has 0 bridgehead atoms. The summed E-state index contributed by atoms with van der Waals surface area (Å²) in [5.74, 6) is 0.0196. The van der Waals surface area contributed by atoms with Gasteiger partial charge in [-0.05, 0) is 32.4 Å². The molecule has 0 aromatic heterocycles. The minimum absolute atomic E-state index is 0.0196. The Bertz CT molecular complexity index is 373. The van der Waals surface area contributed by atoms with E-state index in [0.717, 1.165) is 12.1 Å². The number of rotatable bonds is 8. The Labute approximate surface area is 116 Å². The van der Waals surface area contributed by atoms with Crippen LogP contribution in [0.5, 0.6) is 0 Å². The zero-order chi connectivity index (χ0) is 14.1. The first kappa shape index (κ1) is 15.7. The average molecular weight is 262 g/mol. The Morgan fingerprint density at radius 1 is 1.21 bits per heavy atom. The molecule has 0 saturated carbocycles. The van der Waals surface area contributed by atoms with Crippen LogP contribution in [0.4, 0.5) is 5.69 Å². The topological polar surface area (TPSA) is 41.1 Å². The van der Waals surface area contributed by atoms with Crippen LogP contribution in [0.15, 0.2) is 24.3 Å². The SMILES string of the molecule is CCCCCC(C)NCC(=O)Nc1ccc(C)cc1. The fourth-order valence-electron chi connectivity index (χ4n) is 1.91. The fourth-order valence-corrected chi connectivity index (χ4v) is 1.91. The lowest BCUT2D eigenvalue weighted by atomic mass is 10.1. The molecule has 0 saturated heterocycles. The molecule has 0 aliphatic rings. The summed E-state index contributed by atoms with van der Waals surface area (Å²) in [5.41, 5.74) is 2.05. The summed E-state index contributed by atoms with van der Waals surface area (Å²) in [6.45, 7) is 6.74. The van der Waals surface area contributed by atoms with Crippen LogP contribution in [-0.2, 0) is 4.79 Å². The first-order valence-electron chi connectivity index (χ1n) is 7.21. The summed E-state index contributed by atoms with van der Waals surface area (Å²) in [5, 5.41) is 6.15. The van der Waals surface area contributed by atoms with E-state index in [1.807, 2.05) is 31.2 Å². The summed E-state index contributed by atoms with van der Waals surface area (Å²) < 4.78 is 0. The van der Waals surface area contributed by atoms with Crippen molar-refractivity contribution in [3.8, 4) is 0 Å². The van der Waals surface area contributed by atoms with Crippen molar-refractivity contribution in [2.45, 2.75) is 52.5 Å². The van der Waals surface area contributed by atoms with E-state index in [4.69, 9.17) is 0 Å². The summed E-state index contributed by atoms with van der Waals surface area (Å²) >= 11 is 0. The van der Waals surface area contributed by atoms with Crippen molar-refractivity contribution < 1.29 is 4.79 Å². The van der Waals surface area contributed by atoms with E-state index in [1.165, 1.54) is 24.8 Å². The Morgan fingerprint density at radius 2 is 1.89 bits per heavy atom. The largest absolute Gasteiger partial charge is 0.325 e. The first-order chi connectivity index (χ1) is 9.11. The molecular weight excluding hydrogens is 236 g/mol. The molecule has 106 valence electrons. The van der Waals surface area contributed by atoms with E-state index in [-0.39, 0.29) is 5.91 Å². The predicted molar refractivity (Wildman–Crippen MR) is 81.4 cm³/mol. The Balaban J connectivity index is 2.22. The normalized spacial score (nSPS) is 12.2. The number of unbranched alkanes of at least 4 members (excludes halogenated alkanes) is 2. The van der Waals surface area contributed by atoms with Crippen molar-refractivity contribution >= 4 is 11.6 Å². The summed E-state index contributed by atoms with van der Waals surface area (Å²) in [6, 6.07) is 8.25. The van der Waals surface area contributed by atoms with Gasteiger partial charge in [0.2, 0.25) is 5.91 Å². The second-order valence-electron chi connectivity index (χ2n) is 5.19. The second-order valence-corrected chi connectivity index (χ2v) is 5.19. The van der Waals surface area contributed by atoms with Crippen LogP contribution in [0.1, 0.15) is 45.1 Å². The predicted octanol–water partition coefficient (Wildman–Crippen LogP) is 3.49. The van der Waals surface area contributed by atoms with Crippen molar-refractivity contribution in [1.29, 1.82) is 0 Å². The van der Waals surface area contributed by atoms with Gasteiger partial charge in [0.15, 0.2) is 0 Å². The molecule has 3 heteroatoms. The van der Waals surface area contributed by atoms with E-state index >= 15 is 0 Å². The number of hydrogen-bond donors (Lipinski definition) is 2. The van der Waals surface area contributed by atoms with Crippen LogP contribution in [0.25, 0.3) is 0 Å². The third-order valence-electron chi connectivity index (χ3n) is 3.19. The minimum atomic E-state index is 0.0196. The lowest BCUT2D eigenvalue weighted by Gasteiger charge is -2.13. The number of anilines is 1. The van der Waals surface area contributed by atoms with Crippen molar-refractivity contribution in [2.24, 2.45) is 0 Å². The number of hydrogen-bond acceptors (Lipinski definition) is 2. The highest BCUT2D eigenvalue weighted by Gasteiger charge is 2.05. The Kier molecular flexibility index (Phi) is 7.19.